The van der Waals surface area contributed by atoms with E-state index in [0.717, 1.165) is 25.7 Å². The Labute approximate surface area is 148 Å². The van der Waals surface area contributed by atoms with Crippen LogP contribution in [-0.4, -0.2) is 24.3 Å². The largest absolute Gasteiger partial charge is 0.462 e. The Balaban J connectivity index is 1.78. The van der Waals surface area contributed by atoms with E-state index in [1.807, 2.05) is 13.8 Å². The summed E-state index contributed by atoms with van der Waals surface area (Å²) in [6.07, 6.45) is 10.9. The summed E-state index contributed by atoms with van der Waals surface area (Å²) in [6.45, 7) is 11.4. The molecule has 2 rings (SSSR count). The Morgan fingerprint density at radius 3 is 2.42 bits per heavy atom. The van der Waals surface area contributed by atoms with E-state index in [1.54, 1.807) is 0 Å². The van der Waals surface area contributed by atoms with E-state index in [2.05, 4.69) is 20.8 Å². The number of esters is 1. The number of carbonyl (C=O) groups is 1. The van der Waals surface area contributed by atoms with Crippen LogP contribution in [0.4, 0.5) is 0 Å². The smallest absolute Gasteiger partial charge is 0.309 e. The summed E-state index contributed by atoms with van der Waals surface area (Å²) < 4.78 is 11.9. The summed E-state index contributed by atoms with van der Waals surface area (Å²) in [5, 5.41) is 0. The van der Waals surface area contributed by atoms with Crippen LogP contribution in [0.25, 0.3) is 0 Å². The molecule has 0 saturated heterocycles. The fraction of sp³-hybridized carbons (Fsp3) is 0.952. The third kappa shape index (κ3) is 6.06. The Bertz CT molecular complexity index is 407. The summed E-state index contributed by atoms with van der Waals surface area (Å²) in [5.74, 6) is 0.714. The van der Waals surface area contributed by atoms with Crippen LogP contribution in [0.2, 0.25) is 0 Å². The highest BCUT2D eigenvalue weighted by Gasteiger charge is 2.34. The predicted octanol–water partition coefficient (Wildman–Crippen LogP) is 5.51. The molecule has 0 radical (unpaired) electrons. The molecule has 0 bridgehead atoms. The lowest BCUT2D eigenvalue weighted by molar-refractivity contribution is -0.167. The molecular formula is C21H38O3. The maximum absolute atomic E-state index is 12.2. The van der Waals surface area contributed by atoms with E-state index in [0.29, 0.717) is 17.9 Å². The molecule has 2 saturated carbocycles. The zero-order valence-corrected chi connectivity index (χ0v) is 16.5. The minimum absolute atomic E-state index is 0.0159. The third-order valence-corrected chi connectivity index (χ3v) is 5.91. The van der Waals surface area contributed by atoms with Crippen molar-refractivity contribution in [3.05, 3.63) is 0 Å². The fourth-order valence-electron chi connectivity index (χ4n) is 4.49. The van der Waals surface area contributed by atoms with Crippen LogP contribution in [0, 0.1) is 17.3 Å². The second-order valence-electron chi connectivity index (χ2n) is 9.55. The fourth-order valence-corrected chi connectivity index (χ4v) is 4.49. The van der Waals surface area contributed by atoms with Gasteiger partial charge in [0.2, 0.25) is 0 Å². The molecule has 24 heavy (non-hydrogen) atoms. The molecule has 0 aromatic carbocycles. The van der Waals surface area contributed by atoms with Gasteiger partial charge < -0.3 is 9.47 Å². The van der Waals surface area contributed by atoms with Gasteiger partial charge in [-0.25, -0.2) is 0 Å². The van der Waals surface area contributed by atoms with Crippen LogP contribution < -0.4 is 0 Å². The van der Waals surface area contributed by atoms with E-state index < -0.39 is 5.60 Å². The highest BCUT2D eigenvalue weighted by atomic mass is 16.6. The van der Waals surface area contributed by atoms with Gasteiger partial charge in [-0.15, -0.1) is 0 Å². The second-order valence-corrected chi connectivity index (χ2v) is 9.55. The molecule has 2 fully saturated rings. The number of ether oxygens (including phenoxy) is 2. The molecule has 140 valence electrons. The molecule has 2 unspecified atom stereocenters. The number of carbonyl (C=O) groups excluding carboxylic acids is 1. The summed E-state index contributed by atoms with van der Waals surface area (Å²) in [4.78, 5) is 12.2. The van der Waals surface area contributed by atoms with Crippen molar-refractivity contribution in [2.45, 2.75) is 104 Å². The molecule has 3 nitrogen and oxygen atoms in total. The van der Waals surface area contributed by atoms with Gasteiger partial charge in [-0.2, -0.15) is 0 Å². The van der Waals surface area contributed by atoms with E-state index in [4.69, 9.17) is 9.47 Å². The summed E-state index contributed by atoms with van der Waals surface area (Å²) in [6, 6.07) is 0. The van der Waals surface area contributed by atoms with E-state index in [-0.39, 0.29) is 18.0 Å². The Morgan fingerprint density at radius 2 is 1.79 bits per heavy atom. The predicted molar refractivity (Wildman–Crippen MR) is 97.9 cm³/mol. The molecule has 0 aliphatic heterocycles. The number of hydrogen-bond acceptors (Lipinski definition) is 3. The Hall–Kier alpha value is -0.570. The van der Waals surface area contributed by atoms with E-state index >= 15 is 0 Å². The average Bonchev–Trinajstić information content (AvgIpc) is 2.52. The van der Waals surface area contributed by atoms with Gasteiger partial charge in [0.1, 0.15) is 6.61 Å². The molecule has 2 aliphatic rings. The second kappa shape index (κ2) is 8.21. The molecule has 2 aliphatic carbocycles. The topological polar surface area (TPSA) is 35.5 Å². The Morgan fingerprint density at radius 1 is 1.12 bits per heavy atom. The zero-order valence-electron chi connectivity index (χ0n) is 16.5. The van der Waals surface area contributed by atoms with Gasteiger partial charge in [-0.05, 0) is 64.2 Å². The van der Waals surface area contributed by atoms with Crippen molar-refractivity contribution in [1.29, 1.82) is 0 Å². The average molecular weight is 339 g/mol. The lowest BCUT2D eigenvalue weighted by Gasteiger charge is -2.40. The SMILES string of the molecule is CC(OC(C)(C)COC(=O)C1CCCCC1)C1CCCC(C)(C)C1. The van der Waals surface area contributed by atoms with Gasteiger partial charge >= 0.3 is 5.97 Å². The van der Waals surface area contributed by atoms with Gasteiger partial charge in [0, 0.05) is 0 Å². The lowest BCUT2D eigenvalue weighted by Crippen LogP contribution is -2.40. The first-order valence-corrected chi connectivity index (χ1v) is 10.0. The molecule has 3 heteroatoms. The molecule has 0 aromatic rings. The third-order valence-electron chi connectivity index (χ3n) is 5.91. The number of rotatable bonds is 6. The standard InChI is InChI=1S/C21H38O3/c1-16(18-12-9-13-20(2,3)14-18)24-21(4,5)15-23-19(22)17-10-7-6-8-11-17/h16-18H,6-15H2,1-5H3. The molecular weight excluding hydrogens is 300 g/mol. The zero-order chi connectivity index (χ0) is 17.8. The van der Waals surface area contributed by atoms with Crippen molar-refractivity contribution in [3.8, 4) is 0 Å². The minimum Gasteiger partial charge on any atom is -0.462 e. The van der Waals surface area contributed by atoms with Crippen molar-refractivity contribution < 1.29 is 14.3 Å². The van der Waals surface area contributed by atoms with Gasteiger partial charge in [-0.1, -0.05) is 39.5 Å². The van der Waals surface area contributed by atoms with Crippen LogP contribution in [-0.2, 0) is 14.3 Å². The van der Waals surface area contributed by atoms with Gasteiger partial charge in [0.25, 0.3) is 0 Å². The van der Waals surface area contributed by atoms with Crippen molar-refractivity contribution >= 4 is 5.97 Å². The van der Waals surface area contributed by atoms with Crippen molar-refractivity contribution in [2.75, 3.05) is 6.61 Å². The first-order valence-electron chi connectivity index (χ1n) is 10.0. The highest BCUT2D eigenvalue weighted by Crippen LogP contribution is 2.41. The first-order chi connectivity index (χ1) is 11.2. The quantitative estimate of drug-likeness (QED) is 0.599. The molecule has 0 heterocycles. The van der Waals surface area contributed by atoms with Crippen LogP contribution >= 0.6 is 0 Å². The monoisotopic (exact) mass is 338 g/mol. The highest BCUT2D eigenvalue weighted by molar-refractivity contribution is 5.72. The lowest BCUT2D eigenvalue weighted by atomic mass is 9.71. The van der Waals surface area contributed by atoms with Crippen LogP contribution in [0.1, 0.15) is 92.4 Å². The number of hydrogen-bond donors (Lipinski definition) is 0. The van der Waals surface area contributed by atoms with Crippen LogP contribution in [0.3, 0.4) is 0 Å². The van der Waals surface area contributed by atoms with Gasteiger partial charge in [0.15, 0.2) is 0 Å². The van der Waals surface area contributed by atoms with Gasteiger partial charge in [0.05, 0.1) is 17.6 Å². The van der Waals surface area contributed by atoms with Crippen molar-refractivity contribution in [2.24, 2.45) is 17.3 Å². The maximum Gasteiger partial charge on any atom is 0.309 e. The van der Waals surface area contributed by atoms with E-state index in [9.17, 15) is 4.79 Å². The first kappa shape index (κ1) is 19.8. The van der Waals surface area contributed by atoms with Crippen molar-refractivity contribution in [3.63, 3.8) is 0 Å². The van der Waals surface area contributed by atoms with Crippen LogP contribution in [0.5, 0.6) is 0 Å². The van der Waals surface area contributed by atoms with Gasteiger partial charge in [-0.3, -0.25) is 4.79 Å². The molecule has 0 spiro atoms. The normalized spacial score (nSPS) is 26.8. The summed E-state index contributed by atoms with van der Waals surface area (Å²) in [5.41, 5.74) is 0.0173. The maximum atomic E-state index is 12.2. The van der Waals surface area contributed by atoms with Crippen molar-refractivity contribution in [1.82, 2.24) is 0 Å². The molecule has 2 atom stereocenters. The summed E-state index contributed by atoms with van der Waals surface area (Å²) in [7, 11) is 0. The summed E-state index contributed by atoms with van der Waals surface area (Å²) >= 11 is 0. The molecule has 0 amide bonds. The molecule has 0 aromatic heterocycles. The van der Waals surface area contributed by atoms with Crippen LogP contribution in [0.15, 0.2) is 0 Å². The molecule has 0 N–H and O–H groups in total. The minimum atomic E-state index is -0.411. The van der Waals surface area contributed by atoms with E-state index in [1.165, 1.54) is 32.1 Å². The Kier molecular flexibility index (Phi) is 6.75.